The maximum Gasteiger partial charge on any atom is 0.242 e. The Bertz CT molecular complexity index is 522. The summed E-state index contributed by atoms with van der Waals surface area (Å²) in [6, 6.07) is 3.43. The van der Waals surface area contributed by atoms with Gasteiger partial charge in [0.1, 0.15) is 17.9 Å². The highest BCUT2D eigenvalue weighted by Gasteiger charge is 2.26. The lowest BCUT2D eigenvalue weighted by Gasteiger charge is -2.23. The molecule has 0 spiro atoms. The third kappa shape index (κ3) is 8.53. The molecule has 1 rings (SSSR count). The molecule has 4 N–H and O–H groups in total. The van der Waals surface area contributed by atoms with Crippen molar-refractivity contribution >= 4 is 35.8 Å². The largest absolute Gasteiger partial charge is 0.466 e. The topological polar surface area (TPSA) is 98.9 Å². The number of carbonyl (C=O) groups is 1. The van der Waals surface area contributed by atoms with E-state index in [1.807, 2.05) is 27.7 Å². The minimum Gasteiger partial charge on any atom is -0.466 e. The van der Waals surface area contributed by atoms with Gasteiger partial charge in [-0.1, -0.05) is 0 Å². The number of hydrogen-bond donors (Lipinski definition) is 4. The molecule has 0 saturated heterocycles. The minimum atomic E-state index is -1.17. The summed E-state index contributed by atoms with van der Waals surface area (Å²) in [5, 5.41) is 19.3. The SMILES string of the molecule is CCNC(=NCC(=O)NC(C)(C)C)NCC(C)(O)c1ccco1.I. The van der Waals surface area contributed by atoms with Crippen molar-refractivity contribution in [2.45, 2.75) is 45.8 Å². The quantitative estimate of drug-likeness (QED) is 0.299. The first-order chi connectivity index (χ1) is 10.6. The van der Waals surface area contributed by atoms with Crippen molar-refractivity contribution in [2.24, 2.45) is 4.99 Å². The van der Waals surface area contributed by atoms with E-state index < -0.39 is 5.60 Å². The Labute approximate surface area is 160 Å². The monoisotopic (exact) mass is 452 g/mol. The van der Waals surface area contributed by atoms with Crippen LogP contribution in [0.15, 0.2) is 27.8 Å². The molecule has 0 aromatic carbocycles. The van der Waals surface area contributed by atoms with E-state index in [2.05, 4.69) is 20.9 Å². The van der Waals surface area contributed by atoms with Crippen molar-refractivity contribution in [2.75, 3.05) is 19.6 Å². The van der Waals surface area contributed by atoms with Crippen LogP contribution in [0.4, 0.5) is 0 Å². The van der Waals surface area contributed by atoms with E-state index in [1.165, 1.54) is 6.26 Å². The molecule has 138 valence electrons. The van der Waals surface area contributed by atoms with Gasteiger partial charge in [-0.3, -0.25) is 4.79 Å². The summed E-state index contributed by atoms with van der Waals surface area (Å²) in [6.45, 7) is 10.2. The van der Waals surface area contributed by atoms with Gasteiger partial charge in [0.05, 0.1) is 12.8 Å². The van der Waals surface area contributed by atoms with E-state index in [0.717, 1.165) is 0 Å². The predicted octanol–water partition coefficient (Wildman–Crippen LogP) is 1.57. The number of furan rings is 1. The van der Waals surface area contributed by atoms with Crippen LogP contribution in [0, 0.1) is 0 Å². The zero-order valence-electron chi connectivity index (χ0n) is 15.0. The molecule has 1 unspecified atom stereocenters. The fraction of sp³-hybridized carbons (Fsp3) is 0.625. The van der Waals surface area contributed by atoms with Crippen LogP contribution in [0.2, 0.25) is 0 Å². The number of rotatable bonds is 6. The molecule has 1 aromatic rings. The van der Waals surface area contributed by atoms with Gasteiger partial charge in [-0.25, -0.2) is 4.99 Å². The highest BCUT2D eigenvalue weighted by molar-refractivity contribution is 14.0. The van der Waals surface area contributed by atoms with Crippen molar-refractivity contribution in [1.82, 2.24) is 16.0 Å². The molecule has 1 atom stereocenters. The highest BCUT2D eigenvalue weighted by Crippen LogP contribution is 2.19. The second kappa shape index (κ2) is 9.87. The van der Waals surface area contributed by atoms with Crippen LogP contribution in [0.1, 0.15) is 40.4 Å². The van der Waals surface area contributed by atoms with Crippen LogP contribution < -0.4 is 16.0 Å². The second-order valence-electron chi connectivity index (χ2n) is 6.60. The van der Waals surface area contributed by atoms with Crippen LogP contribution in [0.5, 0.6) is 0 Å². The molecule has 1 aromatic heterocycles. The smallest absolute Gasteiger partial charge is 0.242 e. The van der Waals surface area contributed by atoms with E-state index in [4.69, 9.17) is 4.42 Å². The molecule has 0 aliphatic heterocycles. The molecule has 0 fully saturated rings. The number of amides is 1. The predicted molar refractivity (Wildman–Crippen MR) is 106 cm³/mol. The number of aliphatic imine (C=N–C) groups is 1. The first-order valence-corrected chi connectivity index (χ1v) is 7.73. The van der Waals surface area contributed by atoms with Gasteiger partial charge in [0.25, 0.3) is 0 Å². The number of halogens is 1. The molecule has 8 heteroatoms. The van der Waals surface area contributed by atoms with Crippen molar-refractivity contribution in [1.29, 1.82) is 0 Å². The van der Waals surface area contributed by atoms with Crippen molar-refractivity contribution in [3.63, 3.8) is 0 Å². The Morgan fingerprint density at radius 3 is 2.46 bits per heavy atom. The van der Waals surface area contributed by atoms with E-state index in [9.17, 15) is 9.90 Å². The Morgan fingerprint density at radius 2 is 1.96 bits per heavy atom. The lowest BCUT2D eigenvalue weighted by Crippen LogP contribution is -2.46. The van der Waals surface area contributed by atoms with E-state index >= 15 is 0 Å². The number of nitrogens with one attached hydrogen (secondary N) is 3. The number of carbonyl (C=O) groups excluding carboxylic acids is 1. The number of nitrogens with zero attached hydrogens (tertiary/aromatic N) is 1. The standard InChI is InChI=1S/C16H28N4O3.HI/c1-6-17-14(18-10-13(21)20-15(2,3)4)19-11-16(5,22)12-8-7-9-23-12;/h7-9,22H,6,10-11H2,1-5H3,(H,20,21)(H2,17,18,19);1H. The third-order valence-corrected chi connectivity index (χ3v) is 2.89. The Hall–Kier alpha value is -1.29. The molecular formula is C16H29IN4O3. The highest BCUT2D eigenvalue weighted by atomic mass is 127. The number of hydrogen-bond acceptors (Lipinski definition) is 4. The Kier molecular flexibility index (Phi) is 9.34. The van der Waals surface area contributed by atoms with Gasteiger partial charge in [-0.2, -0.15) is 0 Å². The first kappa shape index (κ1) is 22.7. The summed E-state index contributed by atoms with van der Waals surface area (Å²) in [5.41, 5.74) is -1.46. The van der Waals surface area contributed by atoms with E-state index in [-0.39, 0.29) is 48.5 Å². The summed E-state index contributed by atoms with van der Waals surface area (Å²) < 4.78 is 5.23. The number of guanidine groups is 1. The molecule has 0 saturated carbocycles. The van der Waals surface area contributed by atoms with Crippen molar-refractivity contribution in [3.05, 3.63) is 24.2 Å². The lowest BCUT2D eigenvalue weighted by molar-refractivity contribution is -0.121. The maximum atomic E-state index is 11.8. The fourth-order valence-corrected chi connectivity index (χ4v) is 1.88. The zero-order valence-corrected chi connectivity index (χ0v) is 17.3. The summed E-state index contributed by atoms with van der Waals surface area (Å²) in [5.74, 6) is 0.766. The summed E-state index contributed by atoms with van der Waals surface area (Å²) in [6.07, 6.45) is 1.51. The fourth-order valence-electron chi connectivity index (χ4n) is 1.88. The Balaban J connectivity index is 0.00000529. The van der Waals surface area contributed by atoms with Gasteiger partial charge < -0.3 is 25.5 Å². The molecule has 0 aliphatic carbocycles. The van der Waals surface area contributed by atoms with E-state index in [0.29, 0.717) is 18.3 Å². The molecule has 1 heterocycles. The van der Waals surface area contributed by atoms with E-state index in [1.54, 1.807) is 19.1 Å². The molecule has 24 heavy (non-hydrogen) atoms. The van der Waals surface area contributed by atoms with Crippen LogP contribution >= 0.6 is 24.0 Å². The average Bonchev–Trinajstić information content (AvgIpc) is 2.95. The van der Waals surface area contributed by atoms with Gasteiger partial charge in [0, 0.05) is 12.1 Å². The normalized spacial score (nSPS) is 14.3. The minimum absolute atomic E-state index is 0. The molecule has 0 bridgehead atoms. The molecule has 0 aliphatic rings. The van der Waals surface area contributed by atoms with Gasteiger partial charge in [0.2, 0.25) is 5.91 Å². The van der Waals surface area contributed by atoms with Crippen molar-refractivity contribution < 1.29 is 14.3 Å². The Morgan fingerprint density at radius 1 is 1.29 bits per heavy atom. The molecular weight excluding hydrogens is 423 g/mol. The third-order valence-electron chi connectivity index (χ3n) is 2.89. The first-order valence-electron chi connectivity index (χ1n) is 7.73. The van der Waals surface area contributed by atoms with Gasteiger partial charge >= 0.3 is 0 Å². The molecule has 1 amide bonds. The summed E-state index contributed by atoms with van der Waals surface area (Å²) in [4.78, 5) is 16.0. The van der Waals surface area contributed by atoms with Crippen molar-refractivity contribution in [3.8, 4) is 0 Å². The van der Waals surface area contributed by atoms with Crippen LogP contribution in [-0.2, 0) is 10.4 Å². The second-order valence-corrected chi connectivity index (χ2v) is 6.60. The zero-order chi connectivity index (χ0) is 17.5. The van der Waals surface area contributed by atoms with Gasteiger partial charge in [-0.15, -0.1) is 24.0 Å². The lowest BCUT2D eigenvalue weighted by atomic mass is 10.0. The number of aliphatic hydroxyl groups is 1. The maximum absolute atomic E-state index is 11.8. The van der Waals surface area contributed by atoms with Crippen LogP contribution in [0.3, 0.4) is 0 Å². The summed E-state index contributed by atoms with van der Waals surface area (Å²) >= 11 is 0. The summed E-state index contributed by atoms with van der Waals surface area (Å²) in [7, 11) is 0. The van der Waals surface area contributed by atoms with Crippen LogP contribution in [0.25, 0.3) is 0 Å². The van der Waals surface area contributed by atoms with Gasteiger partial charge in [0.15, 0.2) is 5.96 Å². The molecule has 7 nitrogen and oxygen atoms in total. The van der Waals surface area contributed by atoms with Crippen LogP contribution in [-0.4, -0.2) is 42.1 Å². The average molecular weight is 452 g/mol. The van der Waals surface area contributed by atoms with Gasteiger partial charge in [-0.05, 0) is 46.8 Å². The molecule has 0 radical (unpaired) electrons.